The number of aromatic nitrogens is 2. The number of methoxy groups -OCH3 is 1. The Morgan fingerprint density at radius 1 is 1.23 bits per heavy atom. The molecule has 136 valence electrons. The van der Waals surface area contributed by atoms with Crippen molar-refractivity contribution in [1.29, 1.82) is 0 Å². The van der Waals surface area contributed by atoms with Crippen LogP contribution < -0.4 is 0 Å². The number of carbonyl (C=O) groups is 3. The number of imidazole rings is 1. The van der Waals surface area contributed by atoms with Crippen LogP contribution in [0.2, 0.25) is 0 Å². The maximum Gasteiger partial charge on any atom is 0.378 e. The number of ketones is 1. The standard InChI is InChI=1S/C18H18N2O6/c1-3-26-18(24)15-16(13(21)9-14(22)17(23)25-2)20(11-19-15)10-12-7-5-4-6-8-12/h4-9,11,21H,3,10H2,1-2H3/b13-9-. The highest BCUT2D eigenvalue weighted by Gasteiger charge is 2.24. The minimum atomic E-state index is -1.14. The number of nitrogens with zero attached hydrogens (tertiary/aromatic N) is 2. The highest BCUT2D eigenvalue weighted by atomic mass is 16.5. The Hall–Kier alpha value is -3.42. The third-order valence-corrected chi connectivity index (χ3v) is 3.40. The second-order valence-electron chi connectivity index (χ2n) is 5.16. The van der Waals surface area contributed by atoms with Crippen LogP contribution in [0.4, 0.5) is 0 Å². The van der Waals surface area contributed by atoms with E-state index in [0.29, 0.717) is 6.08 Å². The van der Waals surface area contributed by atoms with E-state index in [-0.39, 0.29) is 24.5 Å². The van der Waals surface area contributed by atoms with E-state index in [2.05, 4.69) is 9.72 Å². The first-order valence-electron chi connectivity index (χ1n) is 7.77. The van der Waals surface area contributed by atoms with Crippen molar-refractivity contribution in [2.45, 2.75) is 13.5 Å². The van der Waals surface area contributed by atoms with Gasteiger partial charge in [-0.3, -0.25) is 4.79 Å². The molecule has 1 aromatic carbocycles. The fourth-order valence-corrected chi connectivity index (χ4v) is 2.25. The van der Waals surface area contributed by atoms with Crippen LogP contribution in [-0.4, -0.2) is 46.1 Å². The number of esters is 2. The van der Waals surface area contributed by atoms with E-state index in [1.807, 2.05) is 30.3 Å². The maximum atomic E-state index is 12.1. The van der Waals surface area contributed by atoms with Crippen LogP contribution in [0.5, 0.6) is 0 Å². The first kappa shape index (κ1) is 18.9. The fraction of sp³-hybridized carbons (Fsp3) is 0.222. The van der Waals surface area contributed by atoms with Crippen molar-refractivity contribution in [2.24, 2.45) is 0 Å². The van der Waals surface area contributed by atoms with Gasteiger partial charge in [0.1, 0.15) is 11.5 Å². The second kappa shape index (κ2) is 8.61. The molecule has 26 heavy (non-hydrogen) atoms. The number of benzene rings is 1. The van der Waals surface area contributed by atoms with E-state index in [4.69, 9.17) is 4.74 Å². The molecule has 0 bridgehead atoms. The Labute approximate surface area is 149 Å². The molecule has 0 aliphatic heterocycles. The Morgan fingerprint density at radius 3 is 2.54 bits per heavy atom. The van der Waals surface area contributed by atoms with E-state index in [1.165, 1.54) is 10.9 Å². The maximum absolute atomic E-state index is 12.1. The Kier molecular flexibility index (Phi) is 6.26. The number of rotatable bonds is 7. The highest BCUT2D eigenvalue weighted by Crippen LogP contribution is 2.19. The van der Waals surface area contributed by atoms with Gasteiger partial charge < -0.3 is 19.1 Å². The van der Waals surface area contributed by atoms with Crippen LogP contribution in [0.25, 0.3) is 5.76 Å². The lowest BCUT2D eigenvalue weighted by atomic mass is 10.2. The number of aliphatic hydroxyl groups excluding tert-OH is 1. The third kappa shape index (κ3) is 4.35. The van der Waals surface area contributed by atoms with Crippen LogP contribution >= 0.6 is 0 Å². The van der Waals surface area contributed by atoms with E-state index in [0.717, 1.165) is 12.7 Å². The van der Waals surface area contributed by atoms with E-state index in [1.54, 1.807) is 6.92 Å². The normalized spacial score (nSPS) is 11.1. The third-order valence-electron chi connectivity index (χ3n) is 3.40. The zero-order chi connectivity index (χ0) is 19.1. The molecule has 1 aromatic heterocycles. The fourth-order valence-electron chi connectivity index (χ4n) is 2.25. The molecule has 0 aliphatic rings. The minimum absolute atomic E-state index is 0.0236. The van der Waals surface area contributed by atoms with Crippen LogP contribution in [0.1, 0.15) is 28.7 Å². The Balaban J connectivity index is 2.46. The monoisotopic (exact) mass is 358 g/mol. The smallest absolute Gasteiger partial charge is 0.378 e. The van der Waals surface area contributed by atoms with Crippen LogP contribution in [-0.2, 0) is 25.6 Å². The zero-order valence-electron chi connectivity index (χ0n) is 14.3. The molecule has 2 aromatic rings. The molecule has 0 radical (unpaired) electrons. The molecular formula is C18H18N2O6. The lowest BCUT2D eigenvalue weighted by Gasteiger charge is -2.09. The molecule has 8 heteroatoms. The van der Waals surface area contributed by atoms with Crippen molar-refractivity contribution >= 4 is 23.5 Å². The summed E-state index contributed by atoms with van der Waals surface area (Å²) in [7, 11) is 1.05. The van der Waals surface area contributed by atoms with Crippen LogP contribution in [0.3, 0.4) is 0 Å². The summed E-state index contributed by atoms with van der Waals surface area (Å²) in [6.07, 6.45) is 2.04. The average molecular weight is 358 g/mol. The van der Waals surface area contributed by atoms with E-state index < -0.39 is 23.5 Å². The van der Waals surface area contributed by atoms with Gasteiger partial charge in [0.05, 0.1) is 20.0 Å². The van der Waals surface area contributed by atoms with Gasteiger partial charge in [-0.05, 0) is 12.5 Å². The molecule has 0 saturated carbocycles. The lowest BCUT2D eigenvalue weighted by molar-refractivity contribution is -0.149. The number of ether oxygens (including phenoxy) is 2. The predicted molar refractivity (Wildman–Crippen MR) is 91.4 cm³/mol. The van der Waals surface area contributed by atoms with Crippen molar-refractivity contribution in [3.63, 3.8) is 0 Å². The van der Waals surface area contributed by atoms with Crippen LogP contribution in [0, 0.1) is 0 Å². The first-order valence-corrected chi connectivity index (χ1v) is 7.77. The molecule has 1 N–H and O–H groups in total. The summed E-state index contributed by atoms with van der Waals surface area (Å²) in [6.45, 7) is 2.04. The van der Waals surface area contributed by atoms with Gasteiger partial charge in [-0.15, -0.1) is 0 Å². The van der Waals surface area contributed by atoms with Crippen molar-refractivity contribution in [1.82, 2.24) is 9.55 Å². The summed E-state index contributed by atoms with van der Waals surface area (Å²) in [5.41, 5.74) is 0.701. The summed E-state index contributed by atoms with van der Waals surface area (Å²) < 4.78 is 10.7. The summed E-state index contributed by atoms with van der Waals surface area (Å²) >= 11 is 0. The SMILES string of the molecule is CCOC(=O)c1ncn(Cc2ccccc2)c1/C(O)=C/C(=O)C(=O)OC. The number of carbonyl (C=O) groups excluding carboxylic acids is 3. The molecule has 0 fully saturated rings. The van der Waals surface area contributed by atoms with Crippen LogP contribution in [0.15, 0.2) is 42.7 Å². The minimum Gasteiger partial charge on any atom is -0.506 e. The van der Waals surface area contributed by atoms with Crippen molar-refractivity contribution < 1.29 is 29.0 Å². The Morgan fingerprint density at radius 2 is 1.92 bits per heavy atom. The van der Waals surface area contributed by atoms with Crippen molar-refractivity contribution in [3.8, 4) is 0 Å². The summed E-state index contributed by atoms with van der Waals surface area (Å²) in [6, 6.07) is 9.25. The second-order valence-corrected chi connectivity index (χ2v) is 5.16. The predicted octanol–water partition coefficient (Wildman–Crippen LogP) is 1.75. The van der Waals surface area contributed by atoms with Gasteiger partial charge in [-0.25, -0.2) is 14.6 Å². The van der Waals surface area contributed by atoms with Gasteiger partial charge >= 0.3 is 11.9 Å². The number of aliphatic hydroxyl groups is 1. The summed E-state index contributed by atoms with van der Waals surface area (Å²) in [5, 5.41) is 10.3. The van der Waals surface area contributed by atoms with Gasteiger partial charge in [0, 0.05) is 12.6 Å². The Bertz CT molecular complexity index is 839. The molecule has 0 amide bonds. The highest BCUT2D eigenvalue weighted by molar-refractivity contribution is 6.39. The first-order chi connectivity index (χ1) is 12.5. The number of hydrogen-bond donors (Lipinski definition) is 1. The molecule has 0 atom stereocenters. The molecule has 0 unspecified atom stereocenters. The van der Waals surface area contributed by atoms with Gasteiger partial charge in [0.2, 0.25) is 0 Å². The van der Waals surface area contributed by atoms with Crippen molar-refractivity contribution in [3.05, 3.63) is 59.7 Å². The molecule has 8 nitrogen and oxygen atoms in total. The molecule has 0 aliphatic carbocycles. The largest absolute Gasteiger partial charge is 0.506 e. The molecule has 0 saturated heterocycles. The summed E-state index contributed by atoms with van der Waals surface area (Å²) in [5.74, 6) is -3.53. The van der Waals surface area contributed by atoms with Gasteiger partial charge in [-0.1, -0.05) is 30.3 Å². The molecular weight excluding hydrogens is 340 g/mol. The van der Waals surface area contributed by atoms with Crippen molar-refractivity contribution in [2.75, 3.05) is 13.7 Å². The molecule has 0 spiro atoms. The quantitative estimate of drug-likeness (QED) is 0.348. The zero-order valence-corrected chi connectivity index (χ0v) is 14.3. The summed E-state index contributed by atoms with van der Waals surface area (Å²) in [4.78, 5) is 39.1. The topological polar surface area (TPSA) is 108 Å². The number of hydrogen-bond acceptors (Lipinski definition) is 7. The van der Waals surface area contributed by atoms with E-state index >= 15 is 0 Å². The van der Waals surface area contributed by atoms with Gasteiger partial charge in [0.25, 0.3) is 5.78 Å². The average Bonchev–Trinajstić information content (AvgIpc) is 3.05. The van der Waals surface area contributed by atoms with Gasteiger partial charge in [0.15, 0.2) is 5.69 Å². The molecule has 1 heterocycles. The lowest BCUT2D eigenvalue weighted by Crippen LogP contribution is -2.15. The molecule has 2 rings (SSSR count). The van der Waals surface area contributed by atoms with Gasteiger partial charge in [-0.2, -0.15) is 0 Å². The van der Waals surface area contributed by atoms with E-state index in [9.17, 15) is 19.5 Å².